The summed E-state index contributed by atoms with van der Waals surface area (Å²) in [7, 11) is 1.86. The number of nitrogens with one attached hydrogen (secondary N) is 2. The lowest BCUT2D eigenvalue weighted by Gasteiger charge is -2.46. The first-order valence-corrected chi connectivity index (χ1v) is 17.0. The highest BCUT2D eigenvalue weighted by atomic mass is 16.5. The molecular weight excluding hydrogens is 614 g/mol. The number of carbonyl (C=O) groups is 3. The third-order valence-electron chi connectivity index (χ3n) is 10.1. The molecule has 1 aromatic heterocycles. The molecule has 0 bridgehead atoms. The SMILES string of the molecule is CC[C@H](C)[C@@H]1C(=O)N[C@H](C2Cc3ccccc3C2)C(=O)N1C(C(=O)Nc1ccccc1OCc1ccccc1)c1ccc2c(cnn2C)c1. The van der Waals surface area contributed by atoms with Crippen LogP contribution in [0.5, 0.6) is 5.75 Å². The second-order valence-electron chi connectivity index (χ2n) is 13.2. The number of aryl methyl sites for hydroxylation is 1. The highest BCUT2D eigenvalue weighted by Crippen LogP contribution is 2.38. The zero-order valence-corrected chi connectivity index (χ0v) is 28.0. The Kier molecular flexibility index (Phi) is 8.91. The lowest BCUT2D eigenvalue weighted by atomic mass is 9.85. The van der Waals surface area contributed by atoms with Crippen molar-refractivity contribution in [1.82, 2.24) is 20.0 Å². The number of hydrogen-bond donors (Lipinski definition) is 2. The van der Waals surface area contributed by atoms with Crippen LogP contribution in [0, 0.1) is 11.8 Å². The minimum Gasteiger partial charge on any atom is -0.487 e. The molecule has 250 valence electrons. The van der Waals surface area contributed by atoms with Crippen molar-refractivity contribution in [2.24, 2.45) is 18.9 Å². The molecule has 4 atom stereocenters. The fourth-order valence-corrected chi connectivity index (χ4v) is 7.34. The number of ether oxygens (including phenoxy) is 1. The van der Waals surface area contributed by atoms with E-state index < -0.39 is 24.0 Å². The van der Waals surface area contributed by atoms with Gasteiger partial charge in [0.15, 0.2) is 0 Å². The fraction of sp³-hybridized carbons (Fsp3) is 0.300. The Bertz CT molecular complexity index is 1980. The molecule has 9 nitrogen and oxygen atoms in total. The van der Waals surface area contributed by atoms with Gasteiger partial charge in [-0.3, -0.25) is 19.1 Å². The number of hydrogen-bond acceptors (Lipinski definition) is 5. The van der Waals surface area contributed by atoms with Crippen LogP contribution < -0.4 is 15.4 Å². The average Bonchev–Trinajstić information content (AvgIpc) is 3.72. The van der Waals surface area contributed by atoms with Crippen molar-refractivity contribution in [1.29, 1.82) is 0 Å². The van der Waals surface area contributed by atoms with Crippen molar-refractivity contribution in [2.45, 2.75) is 57.8 Å². The van der Waals surface area contributed by atoms with Crippen LogP contribution >= 0.6 is 0 Å². The Hall–Kier alpha value is -5.44. The number of piperazine rings is 1. The Morgan fingerprint density at radius 2 is 1.65 bits per heavy atom. The zero-order valence-electron chi connectivity index (χ0n) is 28.0. The predicted octanol–water partition coefficient (Wildman–Crippen LogP) is 5.99. The second-order valence-corrected chi connectivity index (χ2v) is 13.2. The summed E-state index contributed by atoms with van der Waals surface area (Å²) in [5.41, 5.74) is 5.35. The van der Waals surface area contributed by atoms with Crippen LogP contribution in [0.4, 0.5) is 5.69 Å². The molecule has 0 radical (unpaired) electrons. The molecule has 1 unspecified atom stereocenters. The molecule has 1 saturated heterocycles. The Morgan fingerprint density at radius 1 is 0.959 bits per heavy atom. The van der Waals surface area contributed by atoms with Gasteiger partial charge in [-0.2, -0.15) is 5.10 Å². The number of nitrogens with zero attached hydrogens (tertiary/aromatic N) is 3. The van der Waals surface area contributed by atoms with Gasteiger partial charge in [-0.1, -0.05) is 93.1 Å². The lowest BCUT2D eigenvalue weighted by Crippen LogP contribution is -2.68. The van der Waals surface area contributed by atoms with E-state index in [0.29, 0.717) is 42.9 Å². The van der Waals surface area contributed by atoms with E-state index in [1.165, 1.54) is 11.1 Å². The maximum Gasteiger partial charge on any atom is 0.251 e. The normalized spacial score (nSPS) is 19.0. The molecule has 9 heteroatoms. The molecule has 1 aliphatic heterocycles. The fourth-order valence-electron chi connectivity index (χ4n) is 7.34. The highest BCUT2D eigenvalue weighted by Gasteiger charge is 2.50. The van der Waals surface area contributed by atoms with Crippen LogP contribution in [-0.4, -0.2) is 44.5 Å². The summed E-state index contributed by atoms with van der Waals surface area (Å²) < 4.78 is 7.94. The van der Waals surface area contributed by atoms with Gasteiger partial charge in [0, 0.05) is 12.4 Å². The molecule has 1 aliphatic carbocycles. The molecular formula is C40H41N5O4. The third kappa shape index (κ3) is 6.28. The van der Waals surface area contributed by atoms with E-state index in [4.69, 9.17) is 4.74 Å². The third-order valence-corrected chi connectivity index (χ3v) is 10.1. The average molecular weight is 656 g/mol. The van der Waals surface area contributed by atoms with E-state index in [1.807, 2.05) is 99.8 Å². The van der Waals surface area contributed by atoms with Gasteiger partial charge in [-0.15, -0.1) is 0 Å². The first-order chi connectivity index (χ1) is 23.8. The van der Waals surface area contributed by atoms with Gasteiger partial charge in [-0.25, -0.2) is 0 Å². The second kappa shape index (κ2) is 13.6. The molecule has 0 spiro atoms. The lowest BCUT2D eigenvalue weighted by molar-refractivity contribution is -0.158. The van der Waals surface area contributed by atoms with Gasteiger partial charge in [0.05, 0.1) is 17.4 Å². The number of rotatable bonds is 10. The predicted molar refractivity (Wildman–Crippen MR) is 189 cm³/mol. The molecule has 49 heavy (non-hydrogen) atoms. The summed E-state index contributed by atoms with van der Waals surface area (Å²) in [6.45, 7) is 4.28. The number of benzene rings is 4. The molecule has 4 aromatic carbocycles. The van der Waals surface area contributed by atoms with Crippen molar-refractivity contribution in [3.05, 3.63) is 126 Å². The molecule has 1 fully saturated rings. The van der Waals surface area contributed by atoms with E-state index in [-0.39, 0.29) is 23.7 Å². The van der Waals surface area contributed by atoms with Crippen LogP contribution in [0.15, 0.2) is 103 Å². The molecule has 2 aliphatic rings. The van der Waals surface area contributed by atoms with Gasteiger partial charge < -0.3 is 20.3 Å². The van der Waals surface area contributed by atoms with Crippen LogP contribution in [0.2, 0.25) is 0 Å². The van der Waals surface area contributed by atoms with Gasteiger partial charge >= 0.3 is 0 Å². The van der Waals surface area contributed by atoms with Crippen LogP contribution in [0.25, 0.3) is 10.9 Å². The van der Waals surface area contributed by atoms with Crippen molar-refractivity contribution in [3.8, 4) is 5.75 Å². The van der Waals surface area contributed by atoms with Crippen LogP contribution in [-0.2, 0) is 40.9 Å². The number of para-hydroxylation sites is 2. The number of fused-ring (bicyclic) bond motifs is 2. The van der Waals surface area contributed by atoms with E-state index in [0.717, 1.165) is 16.5 Å². The van der Waals surface area contributed by atoms with Crippen molar-refractivity contribution >= 4 is 34.3 Å². The zero-order chi connectivity index (χ0) is 34.1. The Balaban J connectivity index is 1.28. The standard InChI is InChI=1S/C40H41N5O4/c1-4-25(2)36-38(46)43-35(30-20-27-14-8-9-15-28(27)21-30)40(48)45(36)37(29-18-19-33-31(22-29)23-41-44(33)3)39(47)42-32-16-10-11-17-34(32)49-24-26-12-6-5-7-13-26/h5-19,22-23,25,30,35-37H,4,20-21,24H2,1-3H3,(H,42,47)(H,43,46)/t25-,35+,36+,37?/m0/s1. The maximum absolute atomic E-state index is 14.9. The Labute approximate surface area is 286 Å². The summed E-state index contributed by atoms with van der Waals surface area (Å²) in [6.07, 6.45) is 3.75. The summed E-state index contributed by atoms with van der Waals surface area (Å²) in [6, 6.07) is 28.2. The Morgan fingerprint density at radius 3 is 2.39 bits per heavy atom. The number of aromatic nitrogens is 2. The molecule has 0 saturated carbocycles. The first kappa shape index (κ1) is 32.1. The van der Waals surface area contributed by atoms with Crippen molar-refractivity contribution < 1.29 is 19.1 Å². The first-order valence-electron chi connectivity index (χ1n) is 17.0. The van der Waals surface area contributed by atoms with E-state index in [9.17, 15) is 14.4 Å². The number of amides is 3. The van der Waals surface area contributed by atoms with Crippen molar-refractivity contribution in [2.75, 3.05) is 5.32 Å². The summed E-state index contributed by atoms with van der Waals surface area (Å²) in [4.78, 5) is 45.4. The summed E-state index contributed by atoms with van der Waals surface area (Å²) in [5, 5.41) is 11.4. The minimum atomic E-state index is -1.10. The molecule has 2 heterocycles. The molecule has 3 amide bonds. The summed E-state index contributed by atoms with van der Waals surface area (Å²) >= 11 is 0. The number of anilines is 1. The highest BCUT2D eigenvalue weighted by molar-refractivity contribution is 6.04. The van der Waals surface area contributed by atoms with Crippen molar-refractivity contribution in [3.63, 3.8) is 0 Å². The van der Waals surface area contributed by atoms with Crippen LogP contribution in [0.3, 0.4) is 0 Å². The van der Waals surface area contributed by atoms with Gasteiger partial charge in [-0.05, 0) is 71.2 Å². The molecule has 7 rings (SSSR count). The minimum absolute atomic E-state index is 0.120. The summed E-state index contributed by atoms with van der Waals surface area (Å²) in [5.74, 6) is -0.729. The van der Waals surface area contributed by atoms with E-state index in [2.05, 4.69) is 27.9 Å². The molecule has 2 N–H and O–H groups in total. The topological polar surface area (TPSA) is 106 Å². The van der Waals surface area contributed by atoms with E-state index >= 15 is 0 Å². The van der Waals surface area contributed by atoms with Crippen LogP contribution in [0.1, 0.15) is 48.6 Å². The van der Waals surface area contributed by atoms with E-state index in [1.54, 1.807) is 21.8 Å². The molecule has 5 aromatic rings. The monoisotopic (exact) mass is 655 g/mol. The largest absolute Gasteiger partial charge is 0.487 e. The smallest absolute Gasteiger partial charge is 0.251 e. The quantitative estimate of drug-likeness (QED) is 0.192. The van der Waals surface area contributed by atoms with Gasteiger partial charge in [0.1, 0.15) is 30.5 Å². The number of carbonyl (C=O) groups excluding carboxylic acids is 3. The van der Waals surface area contributed by atoms with Gasteiger partial charge in [0.25, 0.3) is 5.91 Å². The maximum atomic E-state index is 14.9. The van der Waals surface area contributed by atoms with Gasteiger partial charge in [0.2, 0.25) is 11.8 Å².